The molecule has 0 spiro atoms. The number of hydrogen-bond acceptors (Lipinski definition) is 5. The second kappa shape index (κ2) is 6.90. The molecule has 0 atom stereocenters. The highest BCUT2D eigenvalue weighted by Gasteiger charge is 2.12. The number of carbonyl (C=O) groups is 1. The molecule has 0 bridgehead atoms. The van der Waals surface area contributed by atoms with Gasteiger partial charge in [0.25, 0.3) is 0 Å². The van der Waals surface area contributed by atoms with Crippen LogP contribution in [0.4, 0.5) is 5.95 Å². The molecule has 0 radical (unpaired) electrons. The van der Waals surface area contributed by atoms with Crippen LogP contribution in [-0.2, 0) is 11.3 Å². The number of nitrogens with zero attached hydrogens (tertiary/aromatic N) is 4. The standard InChI is InChI=1S/C12H21N5O/c1-5-17(9-11(18)16(3)4)8-10-6-7-14-12(13-2)15-10/h6-7H,5,8-9H2,1-4H3,(H,13,14,15). The molecule has 1 aromatic heterocycles. The fourth-order valence-corrected chi connectivity index (χ4v) is 1.45. The molecule has 0 fully saturated rings. The number of likely N-dealkylation sites (N-methyl/N-ethyl adjacent to an activating group) is 2. The van der Waals surface area contributed by atoms with Crippen molar-refractivity contribution in [1.82, 2.24) is 19.8 Å². The van der Waals surface area contributed by atoms with E-state index in [2.05, 4.69) is 15.3 Å². The molecule has 0 aliphatic carbocycles. The summed E-state index contributed by atoms with van der Waals surface area (Å²) in [4.78, 5) is 23.7. The van der Waals surface area contributed by atoms with Crippen LogP contribution in [0.15, 0.2) is 12.3 Å². The maximum atomic E-state index is 11.7. The normalized spacial score (nSPS) is 10.5. The number of hydrogen-bond donors (Lipinski definition) is 1. The van der Waals surface area contributed by atoms with Crippen LogP contribution in [0.5, 0.6) is 0 Å². The Morgan fingerprint density at radius 1 is 1.44 bits per heavy atom. The van der Waals surface area contributed by atoms with Gasteiger partial charge in [-0.15, -0.1) is 0 Å². The molecule has 1 rings (SSSR count). The average molecular weight is 251 g/mol. The van der Waals surface area contributed by atoms with Crippen molar-refractivity contribution in [2.75, 3.05) is 39.5 Å². The molecule has 0 unspecified atom stereocenters. The highest BCUT2D eigenvalue weighted by Crippen LogP contribution is 2.04. The Kier molecular flexibility index (Phi) is 5.51. The Hall–Kier alpha value is -1.69. The van der Waals surface area contributed by atoms with Crippen molar-refractivity contribution in [2.45, 2.75) is 13.5 Å². The molecular weight excluding hydrogens is 230 g/mol. The average Bonchev–Trinajstić information content (AvgIpc) is 2.37. The first-order chi connectivity index (χ1) is 8.56. The van der Waals surface area contributed by atoms with Gasteiger partial charge in [0.05, 0.1) is 12.2 Å². The molecule has 18 heavy (non-hydrogen) atoms. The minimum atomic E-state index is 0.0970. The first kappa shape index (κ1) is 14.4. The number of anilines is 1. The Bertz CT molecular complexity index is 394. The molecule has 1 N–H and O–H groups in total. The second-order valence-electron chi connectivity index (χ2n) is 4.21. The van der Waals surface area contributed by atoms with Crippen molar-refractivity contribution in [2.24, 2.45) is 0 Å². The zero-order valence-electron chi connectivity index (χ0n) is 11.5. The zero-order chi connectivity index (χ0) is 13.5. The molecule has 0 aliphatic rings. The Morgan fingerprint density at radius 2 is 2.17 bits per heavy atom. The topological polar surface area (TPSA) is 61.4 Å². The lowest BCUT2D eigenvalue weighted by atomic mass is 10.3. The third-order valence-corrected chi connectivity index (χ3v) is 2.63. The van der Waals surface area contributed by atoms with Gasteiger partial charge in [-0.2, -0.15) is 0 Å². The van der Waals surface area contributed by atoms with E-state index in [4.69, 9.17) is 0 Å². The first-order valence-electron chi connectivity index (χ1n) is 5.99. The predicted molar refractivity (Wildman–Crippen MR) is 71.2 cm³/mol. The monoisotopic (exact) mass is 251 g/mol. The fraction of sp³-hybridized carbons (Fsp3) is 0.583. The highest BCUT2D eigenvalue weighted by atomic mass is 16.2. The summed E-state index contributed by atoms with van der Waals surface area (Å²) >= 11 is 0. The van der Waals surface area contributed by atoms with Gasteiger partial charge in [-0.25, -0.2) is 9.97 Å². The lowest BCUT2D eigenvalue weighted by Crippen LogP contribution is -2.36. The number of rotatable bonds is 6. The van der Waals surface area contributed by atoms with Gasteiger partial charge in [0.1, 0.15) is 0 Å². The van der Waals surface area contributed by atoms with Crippen molar-refractivity contribution < 1.29 is 4.79 Å². The van der Waals surface area contributed by atoms with E-state index in [1.165, 1.54) is 0 Å². The molecule has 0 aromatic carbocycles. The van der Waals surface area contributed by atoms with E-state index in [1.54, 1.807) is 32.2 Å². The van der Waals surface area contributed by atoms with Crippen molar-refractivity contribution in [3.63, 3.8) is 0 Å². The van der Waals surface area contributed by atoms with E-state index in [0.717, 1.165) is 12.2 Å². The molecule has 100 valence electrons. The van der Waals surface area contributed by atoms with Gasteiger partial charge in [0.2, 0.25) is 11.9 Å². The van der Waals surface area contributed by atoms with Gasteiger partial charge < -0.3 is 10.2 Å². The SMILES string of the molecule is CCN(CC(=O)N(C)C)Cc1ccnc(NC)n1. The summed E-state index contributed by atoms with van der Waals surface area (Å²) in [6, 6.07) is 1.86. The maximum absolute atomic E-state index is 11.7. The number of nitrogens with one attached hydrogen (secondary N) is 1. The van der Waals surface area contributed by atoms with Crippen molar-refractivity contribution >= 4 is 11.9 Å². The van der Waals surface area contributed by atoms with E-state index >= 15 is 0 Å². The Labute approximate surface area is 108 Å². The minimum Gasteiger partial charge on any atom is -0.357 e. The van der Waals surface area contributed by atoms with E-state index in [-0.39, 0.29) is 5.91 Å². The number of amides is 1. The van der Waals surface area contributed by atoms with Crippen LogP contribution in [-0.4, -0.2) is 59.9 Å². The van der Waals surface area contributed by atoms with Crippen LogP contribution in [0, 0.1) is 0 Å². The summed E-state index contributed by atoms with van der Waals surface area (Å²) in [7, 11) is 5.31. The lowest BCUT2D eigenvalue weighted by molar-refractivity contribution is -0.130. The second-order valence-corrected chi connectivity index (χ2v) is 4.21. The fourth-order valence-electron chi connectivity index (χ4n) is 1.45. The highest BCUT2D eigenvalue weighted by molar-refractivity contribution is 5.77. The van der Waals surface area contributed by atoms with Gasteiger partial charge in [0, 0.05) is 33.9 Å². The van der Waals surface area contributed by atoms with E-state index < -0.39 is 0 Å². The summed E-state index contributed by atoms with van der Waals surface area (Å²) in [5, 5.41) is 2.90. The van der Waals surface area contributed by atoms with Crippen molar-refractivity contribution in [1.29, 1.82) is 0 Å². The lowest BCUT2D eigenvalue weighted by Gasteiger charge is -2.21. The molecule has 0 saturated carbocycles. The summed E-state index contributed by atoms with van der Waals surface area (Å²) < 4.78 is 0. The molecule has 0 saturated heterocycles. The van der Waals surface area contributed by atoms with E-state index in [1.807, 2.05) is 17.9 Å². The third-order valence-electron chi connectivity index (χ3n) is 2.63. The third kappa shape index (κ3) is 4.29. The van der Waals surface area contributed by atoms with Crippen LogP contribution >= 0.6 is 0 Å². The Balaban J connectivity index is 2.64. The minimum absolute atomic E-state index is 0.0970. The molecule has 1 amide bonds. The van der Waals surface area contributed by atoms with Crippen LogP contribution < -0.4 is 5.32 Å². The number of aromatic nitrogens is 2. The van der Waals surface area contributed by atoms with Crippen LogP contribution in [0.3, 0.4) is 0 Å². The molecular formula is C12H21N5O. The molecule has 0 aliphatic heterocycles. The molecule has 1 aromatic rings. The summed E-state index contributed by atoms with van der Waals surface area (Å²) in [5.41, 5.74) is 0.905. The number of carbonyl (C=O) groups excluding carboxylic acids is 1. The van der Waals surface area contributed by atoms with Gasteiger partial charge in [0.15, 0.2) is 0 Å². The van der Waals surface area contributed by atoms with Gasteiger partial charge in [-0.1, -0.05) is 6.92 Å². The van der Waals surface area contributed by atoms with Gasteiger partial charge in [-0.3, -0.25) is 9.69 Å². The summed E-state index contributed by atoms with van der Waals surface area (Å²) in [6.45, 7) is 3.89. The van der Waals surface area contributed by atoms with Gasteiger partial charge in [-0.05, 0) is 12.6 Å². The van der Waals surface area contributed by atoms with Gasteiger partial charge >= 0.3 is 0 Å². The van der Waals surface area contributed by atoms with Crippen LogP contribution in [0.1, 0.15) is 12.6 Å². The van der Waals surface area contributed by atoms with Crippen molar-refractivity contribution in [3.8, 4) is 0 Å². The molecule has 6 nitrogen and oxygen atoms in total. The van der Waals surface area contributed by atoms with E-state index in [9.17, 15) is 4.79 Å². The first-order valence-corrected chi connectivity index (χ1v) is 5.99. The van der Waals surface area contributed by atoms with Crippen LogP contribution in [0.2, 0.25) is 0 Å². The van der Waals surface area contributed by atoms with E-state index in [0.29, 0.717) is 19.0 Å². The maximum Gasteiger partial charge on any atom is 0.236 e. The quantitative estimate of drug-likeness (QED) is 0.794. The van der Waals surface area contributed by atoms with Crippen LogP contribution in [0.25, 0.3) is 0 Å². The predicted octanol–water partition coefficient (Wildman–Crippen LogP) is 0.428. The molecule has 6 heteroatoms. The Morgan fingerprint density at radius 3 is 2.72 bits per heavy atom. The molecule has 1 heterocycles. The smallest absolute Gasteiger partial charge is 0.236 e. The van der Waals surface area contributed by atoms with Crippen molar-refractivity contribution in [3.05, 3.63) is 18.0 Å². The summed E-state index contributed by atoms with van der Waals surface area (Å²) in [5.74, 6) is 0.697. The zero-order valence-corrected chi connectivity index (χ0v) is 11.5. The largest absolute Gasteiger partial charge is 0.357 e. The summed E-state index contributed by atoms with van der Waals surface area (Å²) in [6.07, 6.45) is 1.72.